The van der Waals surface area contributed by atoms with Crippen LogP contribution in [0.25, 0.3) is 10.6 Å². The van der Waals surface area contributed by atoms with E-state index in [2.05, 4.69) is 9.97 Å². The maximum Gasteiger partial charge on any atom is 0.416 e. The number of nitrogens with zero attached hydrogens (tertiary/aromatic N) is 1. The molecule has 2 unspecified atom stereocenters. The highest BCUT2D eigenvalue weighted by Crippen LogP contribution is 2.48. The molecule has 1 fully saturated rings. The van der Waals surface area contributed by atoms with E-state index in [4.69, 9.17) is 23.2 Å². The third-order valence-electron chi connectivity index (χ3n) is 6.72. The summed E-state index contributed by atoms with van der Waals surface area (Å²) < 4.78 is 66.1. The average Bonchev–Trinajstić information content (AvgIpc) is 3.52. The molecule has 36 heavy (non-hydrogen) atoms. The van der Waals surface area contributed by atoms with Crippen molar-refractivity contribution >= 4 is 43.6 Å². The van der Waals surface area contributed by atoms with Crippen molar-refractivity contribution in [2.45, 2.75) is 48.6 Å². The fourth-order valence-electron chi connectivity index (χ4n) is 4.59. The fraction of sp³-hybridized carbons (Fsp3) is 0.346. The van der Waals surface area contributed by atoms with Gasteiger partial charge in [0.05, 0.1) is 26.6 Å². The van der Waals surface area contributed by atoms with Crippen LogP contribution < -0.4 is 0 Å². The van der Waals surface area contributed by atoms with Gasteiger partial charge in [0.15, 0.2) is 9.84 Å². The Morgan fingerprint density at radius 2 is 1.75 bits per heavy atom. The minimum atomic E-state index is -4.56. The minimum absolute atomic E-state index is 0.0555. The number of hydrogen-bond acceptors (Lipinski definition) is 3. The molecule has 10 heteroatoms. The van der Waals surface area contributed by atoms with E-state index in [1.54, 1.807) is 24.3 Å². The number of alkyl halides is 4. The van der Waals surface area contributed by atoms with Crippen LogP contribution in [0.5, 0.6) is 0 Å². The first kappa shape index (κ1) is 25.4. The second-order valence-electron chi connectivity index (χ2n) is 9.45. The Morgan fingerprint density at radius 1 is 1.08 bits per heavy atom. The number of hydrogen-bond donors (Lipinski definition) is 1. The molecule has 0 saturated heterocycles. The number of H-pyrrole nitrogens is 1. The first-order chi connectivity index (χ1) is 17.0. The van der Waals surface area contributed by atoms with E-state index in [-0.39, 0.29) is 33.8 Å². The third kappa shape index (κ3) is 4.83. The van der Waals surface area contributed by atoms with E-state index in [1.165, 1.54) is 18.2 Å². The molecule has 2 aliphatic rings. The lowest BCUT2D eigenvalue weighted by atomic mass is 9.84. The molecule has 190 valence electrons. The van der Waals surface area contributed by atoms with E-state index >= 15 is 0 Å². The molecule has 2 aromatic carbocycles. The number of sulfone groups is 1. The Bertz CT molecular complexity index is 1440. The summed E-state index contributed by atoms with van der Waals surface area (Å²) in [5.74, 6) is 0.645. The number of imidazole rings is 1. The summed E-state index contributed by atoms with van der Waals surface area (Å²) in [5, 5.41) is -0.707. The Morgan fingerprint density at radius 3 is 2.39 bits per heavy atom. The number of benzene rings is 2. The Hall–Kier alpha value is -2.29. The summed E-state index contributed by atoms with van der Waals surface area (Å²) in [6, 6.07) is 11.9. The first-order valence-corrected chi connectivity index (χ1v) is 14.0. The van der Waals surface area contributed by atoms with Gasteiger partial charge in [-0.15, -0.1) is 11.6 Å². The molecule has 1 heterocycles. The normalized spacial score (nSPS) is 20.5. The van der Waals surface area contributed by atoms with Gasteiger partial charge in [-0.3, -0.25) is 0 Å². The number of aromatic amines is 1. The molecule has 1 aromatic heterocycles. The van der Waals surface area contributed by atoms with Crippen molar-refractivity contribution in [3.8, 4) is 0 Å². The molecule has 0 aliphatic heterocycles. The van der Waals surface area contributed by atoms with Gasteiger partial charge in [0, 0.05) is 18.0 Å². The largest absolute Gasteiger partial charge is 0.416 e. The highest BCUT2D eigenvalue weighted by Gasteiger charge is 2.40. The van der Waals surface area contributed by atoms with Crippen LogP contribution in [0.15, 0.2) is 53.4 Å². The van der Waals surface area contributed by atoms with Crippen molar-refractivity contribution in [1.29, 1.82) is 0 Å². The molecule has 0 amide bonds. The van der Waals surface area contributed by atoms with E-state index in [0.717, 1.165) is 24.5 Å². The standard InChI is InChI=1S/C26H23Cl2F3N2O2S/c1-14-22(27)21(18-4-2-3-5-19(18)26(29,30)31)23(28)25-24(14)32-20(33-25)12-15-8-10-17(11-9-15)36(34,35)13-16-6-7-16/h2-5,8-11,14,16,22H,6-7,12-13H2,1H3,(H,32,33). The maximum atomic E-state index is 13.7. The Kier molecular flexibility index (Phi) is 6.50. The van der Waals surface area contributed by atoms with Crippen LogP contribution in [0.1, 0.15) is 59.6 Å². The van der Waals surface area contributed by atoms with E-state index in [9.17, 15) is 21.6 Å². The number of nitrogens with one attached hydrogen (secondary N) is 1. The minimum Gasteiger partial charge on any atom is -0.345 e. The molecule has 1 N–H and O–H groups in total. The van der Waals surface area contributed by atoms with Gasteiger partial charge in [-0.05, 0) is 53.7 Å². The lowest BCUT2D eigenvalue weighted by molar-refractivity contribution is -0.137. The molecule has 1 saturated carbocycles. The highest BCUT2D eigenvalue weighted by atomic mass is 35.5. The zero-order chi connectivity index (χ0) is 25.8. The fourth-order valence-corrected chi connectivity index (χ4v) is 7.06. The van der Waals surface area contributed by atoms with Crippen LogP contribution in [0.2, 0.25) is 0 Å². The van der Waals surface area contributed by atoms with Crippen LogP contribution in [0.3, 0.4) is 0 Å². The number of allylic oxidation sites excluding steroid dienone is 1. The zero-order valence-electron chi connectivity index (χ0n) is 19.2. The van der Waals surface area contributed by atoms with Crippen molar-refractivity contribution in [2.75, 3.05) is 5.75 Å². The van der Waals surface area contributed by atoms with E-state index < -0.39 is 27.0 Å². The van der Waals surface area contributed by atoms with Gasteiger partial charge in [0.2, 0.25) is 0 Å². The van der Waals surface area contributed by atoms with Crippen molar-refractivity contribution in [1.82, 2.24) is 9.97 Å². The summed E-state index contributed by atoms with van der Waals surface area (Å²) >= 11 is 13.3. The monoisotopic (exact) mass is 554 g/mol. The van der Waals surface area contributed by atoms with Gasteiger partial charge >= 0.3 is 6.18 Å². The van der Waals surface area contributed by atoms with Crippen LogP contribution in [-0.2, 0) is 22.4 Å². The second-order valence-corrected chi connectivity index (χ2v) is 12.3. The van der Waals surface area contributed by atoms with Crippen molar-refractivity contribution < 1.29 is 21.6 Å². The van der Waals surface area contributed by atoms with Gasteiger partial charge in [0.1, 0.15) is 11.5 Å². The van der Waals surface area contributed by atoms with Crippen LogP contribution in [-0.4, -0.2) is 29.5 Å². The highest BCUT2D eigenvalue weighted by molar-refractivity contribution is 7.91. The van der Waals surface area contributed by atoms with Gasteiger partial charge in [-0.2, -0.15) is 13.2 Å². The maximum absolute atomic E-state index is 13.7. The van der Waals surface area contributed by atoms with Gasteiger partial charge in [-0.25, -0.2) is 13.4 Å². The summed E-state index contributed by atoms with van der Waals surface area (Å²) in [6.45, 7) is 1.82. The lowest BCUT2D eigenvalue weighted by Gasteiger charge is -2.28. The molecule has 3 aromatic rings. The summed E-state index contributed by atoms with van der Waals surface area (Å²) in [6.07, 6.45) is -2.27. The average molecular weight is 555 g/mol. The molecule has 5 rings (SSSR count). The Balaban J connectivity index is 1.46. The SMILES string of the molecule is CC1c2[nH]c(Cc3ccc(S(=O)(=O)CC4CC4)cc3)nc2C(Cl)=C(c2ccccc2C(F)(F)F)C1Cl. The van der Waals surface area contributed by atoms with E-state index in [0.29, 0.717) is 28.5 Å². The molecule has 2 aliphatic carbocycles. The summed E-state index contributed by atoms with van der Waals surface area (Å²) in [5.41, 5.74) is 1.23. The predicted octanol–water partition coefficient (Wildman–Crippen LogP) is 7.03. The van der Waals surface area contributed by atoms with Crippen molar-refractivity contribution in [3.05, 3.63) is 82.4 Å². The van der Waals surface area contributed by atoms with Crippen LogP contribution in [0.4, 0.5) is 13.2 Å². The predicted molar refractivity (Wildman–Crippen MR) is 135 cm³/mol. The van der Waals surface area contributed by atoms with Crippen LogP contribution >= 0.6 is 23.2 Å². The van der Waals surface area contributed by atoms with Crippen LogP contribution in [0, 0.1) is 5.92 Å². The van der Waals surface area contributed by atoms with Gasteiger partial charge < -0.3 is 4.98 Å². The van der Waals surface area contributed by atoms with E-state index in [1.807, 2.05) is 6.92 Å². The third-order valence-corrected chi connectivity index (χ3v) is 9.60. The lowest BCUT2D eigenvalue weighted by Crippen LogP contribution is -2.21. The quantitative estimate of drug-likeness (QED) is 0.332. The van der Waals surface area contributed by atoms with Crippen molar-refractivity contribution in [3.63, 3.8) is 0 Å². The first-order valence-electron chi connectivity index (χ1n) is 11.6. The summed E-state index contributed by atoms with van der Waals surface area (Å²) in [4.78, 5) is 8.13. The van der Waals surface area contributed by atoms with Crippen molar-refractivity contribution in [2.24, 2.45) is 5.92 Å². The van der Waals surface area contributed by atoms with Gasteiger partial charge in [-0.1, -0.05) is 48.9 Å². The Labute approximate surface area is 217 Å². The molecular formula is C26H23Cl2F3N2O2S. The molecule has 2 atom stereocenters. The number of halogens is 5. The van der Waals surface area contributed by atoms with Gasteiger partial charge in [0.25, 0.3) is 0 Å². The number of rotatable bonds is 6. The zero-order valence-corrected chi connectivity index (χ0v) is 21.6. The molecule has 0 radical (unpaired) electrons. The molecule has 4 nitrogen and oxygen atoms in total. The number of aromatic nitrogens is 2. The second kappa shape index (κ2) is 9.23. The molecule has 0 bridgehead atoms. The molecule has 0 spiro atoms. The molecular weight excluding hydrogens is 532 g/mol. The summed E-state index contributed by atoms with van der Waals surface area (Å²) in [7, 11) is -3.30. The number of fused-ring (bicyclic) bond motifs is 1. The topological polar surface area (TPSA) is 62.8 Å². The smallest absolute Gasteiger partial charge is 0.345 e.